The number of carbonyl (C=O) groups is 1. The van der Waals surface area contributed by atoms with Gasteiger partial charge >= 0.3 is 0 Å². The summed E-state index contributed by atoms with van der Waals surface area (Å²) in [5.74, 6) is 1.02. The smallest absolute Gasteiger partial charge is 0.222 e. The van der Waals surface area contributed by atoms with Crippen molar-refractivity contribution in [3.8, 4) is 16.9 Å². The normalized spacial score (nSPS) is 18.2. The van der Waals surface area contributed by atoms with E-state index in [1.165, 1.54) is 27.2 Å². The minimum Gasteiger partial charge on any atom is -0.490 e. The lowest BCUT2D eigenvalue weighted by atomic mass is 9.91. The molecule has 2 aliphatic rings. The number of aryl methyl sites for hydroxylation is 1. The molecule has 10 nitrogen and oxygen atoms in total. The van der Waals surface area contributed by atoms with Crippen molar-refractivity contribution < 1.29 is 35.1 Å². The van der Waals surface area contributed by atoms with Gasteiger partial charge in [0, 0.05) is 49.6 Å². The van der Waals surface area contributed by atoms with Crippen molar-refractivity contribution in [2.24, 2.45) is 0 Å². The number of aromatic nitrogens is 1. The van der Waals surface area contributed by atoms with Crippen LogP contribution in [0.4, 0.5) is 0 Å². The zero-order chi connectivity index (χ0) is 35.8. The number of carbonyl (C=O) groups excluding carboxylic acids is 1. The fraction of sp³-hybridized carbons (Fsp3) is 0.550. The number of nitrogens with one attached hydrogen (secondary N) is 1. The van der Waals surface area contributed by atoms with Crippen molar-refractivity contribution in [2.75, 3.05) is 19.7 Å². The summed E-state index contributed by atoms with van der Waals surface area (Å²) in [4.78, 5) is 19.1. The quantitative estimate of drug-likeness (QED) is 0.102. The molecule has 5 atom stereocenters. The summed E-state index contributed by atoms with van der Waals surface area (Å²) in [6.07, 6.45) is 4.44. The van der Waals surface area contributed by atoms with Crippen LogP contribution in [0.2, 0.25) is 0 Å². The molecule has 0 bridgehead atoms. The van der Waals surface area contributed by atoms with Crippen LogP contribution in [0.1, 0.15) is 93.4 Å². The Kier molecular flexibility index (Phi) is 13.0. The summed E-state index contributed by atoms with van der Waals surface area (Å²) in [7, 11) is 0. The first-order valence-electron chi connectivity index (χ1n) is 18.2. The molecule has 2 aromatic carbocycles. The second-order valence-electron chi connectivity index (χ2n) is 14.3. The highest BCUT2D eigenvalue weighted by atomic mass is 16.5. The van der Waals surface area contributed by atoms with Crippen LogP contribution in [0, 0.1) is 6.92 Å². The maximum atomic E-state index is 13.1. The first kappa shape index (κ1) is 37.9. The molecule has 3 aromatic rings. The summed E-state index contributed by atoms with van der Waals surface area (Å²) in [5, 5.41) is 53.2. The molecule has 2 saturated carbocycles. The molecule has 2 fully saturated rings. The fourth-order valence-corrected chi connectivity index (χ4v) is 6.66. The van der Waals surface area contributed by atoms with Gasteiger partial charge in [0.2, 0.25) is 5.91 Å². The van der Waals surface area contributed by atoms with Crippen LogP contribution < -0.4 is 10.1 Å². The third-order valence-corrected chi connectivity index (χ3v) is 10.2. The predicted molar refractivity (Wildman–Crippen MR) is 193 cm³/mol. The number of ether oxygens (including phenoxy) is 1. The molecule has 1 amide bonds. The Bertz CT molecular complexity index is 1560. The van der Waals surface area contributed by atoms with Crippen molar-refractivity contribution in [1.29, 1.82) is 0 Å². The third-order valence-electron chi connectivity index (χ3n) is 10.2. The van der Waals surface area contributed by atoms with Gasteiger partial charge in [-0.15, -0.1) is 0 Å². The number of benzene rings is 2. The van der Waals surface area contributed by atoms with Crippen LogP contribution in [0.25, 0.3) is 11.1 Å². The molecule has 0 aliphatic heterocycles. The van der Waals surface area contributed by atoms with Crippen molar-refractivity contribution >= 4 is 5.91 Å². The minimum absolute atomic E-state index is 0.137. The molecule has 5 unspecified atom stereocenters. The zero-order valence-electron chi connectivity index (χ0n) is 29.7. The Balaban J connectivity index is 1.18. The summed E-state index contributed by atoms with van der Waals surface area (Å²) in [6.45, 7) is 6.44. The van der Waals surface area contributed by atoms with E-state index in [4.69, 9.17) is 9.84 Å². The lowest BCUT2D eigenvalue weighted by Gasteiger charge is -2.30. The van der Waals surface area contributed by atoms with Crippen molar-refractivity contribution in [1.82, 2.24) is 15.2 Å². The lowest BCUT2D eigenvalue weighted by molar-refractivity contribution is -0.139. The zero-order valence-corrected chi connectivity index (χ0v) is 29.7. The molecule has 10 heteroatoms. The summed E-state index contributed by atoms with van der Waals surface area (Å²) in [5.41, 5.74) is 7.02. The Hall–Kier alpha value is -3.38. The summed E-state index contributed by atoms with van der Waals surface area (Å²) in [6, 6.07) is 17.0. The first-order valence-corrected chi connectivity index (χ1v) is 18.2. The number of hydrogen-bond acceptors (Lipinski definition) is 9. The van der Waals surface area contributed by atoms with E-state index in [0.717, 1.165) is 55.5 Å². The van der Waals surface area contributed by atoms with Gasteiger partial charge in [0.1, 0.15) is 30.2 Å². The van der Waals surface area contributed by atoms with E-state index in [0.29, 0.717) is 31.9 Å². The van der Waals surface area contributed by atoms with Gasteiger partial charge in [0.15, 0.2) is 0 Å². The van der Waals surface area contributed by atoms with Crippen LogP contribution in [-0.4, -0.2) is 91.5 Å². The number of aliphatic hydroxyl groups is 5. The van der Waals surface area contributed by atoms with Gasteiger partial charge in [-0.2, -0.15) is 0 Å². The summed E-state index contributed by atoms with van der Waals surface area (Å²) >= 11 is 0. The largest absolute Gasteiger partial charge is 0.490 e. The molecule has 1 heterocycles. The van der Waals surface area contributed by atoms with Gasteiger partial charge in [-0.3, -0.25) is 9.78 Å². The number of pyridine rings is 1. The van der Waals surface area contributed by atoms with E-state index in [9.17, 15) is 25.2 Å². The molecule has 1 aromatic heterocycles. The Morgan fingerprint density at radius 2 is 1.78 bits per heavy atom. The second kappa shape index (κ2) is 17.2. The van der Waals surface area contributed by atoms with Crippen LogP contribution in [-0.2, 0) is 16.9 Å². The van der Waals surface area contributed by atoms with Crippen LogP contribution in [0.15, 0.2) is 60.9 Å². The average Bonchev–Trinajstić information content (AvgIpc) is 4.08. The predicted octanol–water partition coefficient (Wildman–Crippen LogP) is 4.33. The van der Waals surface area contributed by atoms with Gasteiger partial charge in [0.25, 0.3) is 0 Å². The van der Waals surface area contributed by atoms with Gasteiger partial charge < -0.3 is 40.5 Å². The monoisotopic (exact) mass is 689 g/mol. The third kappa shape index (κ3) is 9.48. The summed E-state index contributed by atoms with van der Waals surface area (Å²) < 4.78 is 6.28. The van der Waals surface area contributed by atoms with E-state index in [1.54, 1.807) is 0 Å². The molecular weight excluding hydrogens is 634 g/mol. The molecule has 0 radical (unpaired) electrons. The highest BCUT2D eigenvalue weighted by molar-refractivity contribution is 5.76. The average molecular weight is 690 g/mol. The lowest BCUT2D eigenvalue weighted by Crippen LogP contribution is -2.50. The van der Waals surface area contributed by atoms with Crippen molar-refractivity contribution in [3.63, 3.8) is 0 Å². The van der Waals surface area contributed by atoms with Crippen molar-refractivity contribution in [2.45, 2.75) is 121 Å². The van der Waals surface area contributed by atoms with Gasteiger partial charge in [-0.1, -0.05) is 50.2 Å². The van der Waals surface area contributed by atoms with Gasteiger partial charge in [-0.05, 0) is 97.7 Å². The van der Waals surface area contributed by atoms with Gasteiger partial charge in [0.05, 0.1) is 12.7 Å². The molecule has 2 aliphatic carbocycles. The molecule has 272 valence electrons. The highest BCUT2D eigenvalue weighted by Gasteiger charge is 2.46. The van der Waals surface area contributed by atoms with E-state index in [-0.39, 0.29) is 23.9 Å². The molecule has 50 heavy (non-hydrogen) atoms. The molecule has 5 rings (SSSR count). The van der Waals surface area contributed by atoms with E-state index >= 15 is 0 Å². The standard InChI is InChI=1S/C40H55N3O7/c1-4-20-43(24-34(45)38(48)39(49)35(46)25-44)37(47)11-7-8-26(2)28-13-12-27(3)29(21-28)22-42-40(17-18-40)33-23-41-19-16-31(33)32-9-5-6-10-36(32)50-30-14-15-30/h5-6,9-10,12-13,16,19,21,23,26,30,34-35,38-39,42,44-46,48-49H,4,7-8,11,14-15,17-18,20,22,24-25H2,1-3H3. The number of nitrogens with zero attached hydrogens (tertiary/aromatic N) is 2. The number of hydrogen-bond donors (Lipinski definition) is 6. The topological polar surface area (TPSA) is 156 Å². The molecule has 6 N–H and O–H groups in total. The number of amides is 1. The van der Waals surface area contributed by atoms with Crippen molar-refractivity contribution in [3.05, 3.63) is 83.2 Å². The van der Waals surface area contributed by atoms with Crippen LogP contribution >= 0.6 is 0 Å². The molecule has 0 saturated heterocycles. The minimum atomic E-state index is -1.72. The first-order chi connectivity index (χ1) is 24.1. The molecule has 0 spiro atoms. The van der Waals surface area contributed by atoms with Crippen LogP contribution in [0.5, 0.6) is 5.75 Å². The Labute approximate surface area is 296 Å². The van der Waals surface area contributed by atoms with Gasteiger partial charge in [-0.25, -0.2) is 0 Å². The highest BCUT2D eigenvalue weighted by Crippen LogP contribution is 2.50. The number of aliphatic hydroxyl groups excluding tert-OH is 5. The maximum absolute atomic E-state index is 13.1. The van der Waals surface area contributed by atoms with Crippen LogP contribution in [0.3, 0.4) is 0 Å². The Morgan fingerprint density at radius 3 is 2.48 bits per heavy atom. The second-order valence-corrected chi connectivity index (χ2v) is 14.3. The number of rotatable bonds is 20. The maximum Gasteiger partial charge on any atom is 0.222 e. The number of para-hydroxylation sites is 1. The fourth-order valence-electron chi connectivity index (χ4n) is 6.66. The molecular formula is C40H55N3O7. The Morgan fingerprint density at radius 1 is 1.04 bits per heavy atom. The SMILES string of the molecule is CCCN(CC(O)C(O)C(O)C(O)CO)C(=O)CCCC(C)c1ccc(C)c(CNC2(c3cnccc3-c3ccccc3OC3CC3)CC2)c1. The van der Waals surface area contributed by atoms with E-state index in [2.05, 4.69) is 66.6 Å². The van der Waals surface area contributed by atoms with E-state index in [1.807, 2.05) is 25.4 Å². The van der Waals surface area contributed by atoms with E-state index < -0.39 is 31.0 Å².